The molecule has 25 heavy (non-hydrogen) atoms. The first-order valence-electron chi connectivity index (χ1n) is 8.75. The van der Waals surface area contributed by atoms with Crippen molar-refractivity contribution < 1.29 is 14.4 Å². The molecule has 2 aromatic carbocycles. The van der Waals surface area contributed by atoms with E-state index in [1.165, 1.54) is 10.5 Å². The third-order valence-corrected chi connectivity index (χ3v) is 5.36. The number of amides is 1. The van der Waals surface area contributed by atoms with Gasteiger partial charge in [0.05, 0.1) is 19.0 Å². The molecule has 0 unspecified atom stereocenters. The predicted molar refractivity (Wildman–Crippen MR) is 101 cm³/mol. The first-order chi connectivity index (χ1) is 12.3. The van der Waals surface area contributed by atoms with Crippen molar-refractivity contribution in [2.45, 2.75) is 10.9 Å². The smallest absolute Gasteiger partial charge is 0.231 e. The van der Waals surface area contributed by atoms with Gasteiger partial charge in [0.1, 0.15) is 25.7 Å². The van der Waals surface area contributed by atoms with Crippen molar-refractivity contribution in [3.8, 4) is 0 Å². The summed E-state index contributed by atoms with van der Waals surface area (Å²) in [6, 6.07) is 20.3. The van der Waals surface area contributed by atoms with Crippen molar-refractivity contribution in [1.82, 2.24) is 5.32 Å². The van der Waals surface area contributed by atoms with E-state index in [2.05, 4.69) is 17.4 Å². The van der Waals surface area contributed by atoms with Crippen LogP contribution in [0, 0.1) is 0 Å². The van der Waals surface area contributed by atoms with E-state index < -0.39 is 0 Å². The predicted octanol–water partition coefficient (Wildman–Crippen LogP) is 1.55. The standard InChI is InChI=1S/C20H24N2O2S/c23-20(16-25-18-9-5-2-6-10-18)21-19(17-7-3-1-4-8-17)15-22-11-13-24-14-12-22/h1-10,19H,11-16H2,(H,21,23)/p+1/t19-/m1/s1. The van der Waals surface area contributed by atoms with E-state index in [0.717, 1.165) is 37.7 Å². The summed E-state index contributed by atoms with van der Waals surface area (Å²) in [5.74, 6) is 0.515. The first-order valence-corrected chi connectivity index (χ1v) is 9.73. The maximum atomic E-state index is 12.5. The summed E-state index contributed by atoms with van der Waals surface area (Å²) in [6.45, 7) is 4.49. The zero-order valence-corrected chi connectivity index (χ0v) is 15.1. The van der Waals surface area contributed by atoms with Crippen LogP contribution < -0.4 is 10.2 Å². The van der Waals surface area contributed by atoms with Gasteiger partial charge in [0.2, 0.25) is 5.91 Å². The number of rotatable bonds is 7. The molecule has 0 aliphatic carbocycles. The van der Waals surface area contributed by atoms with Crippen LogP contribution in [-0.2, 0) is 9.53 Å². The molecule has 1 saturated heterocycles. The fourth-order valence-corrected chi connectivity index (χ4v) is 3.72. The summed E-state index contributed by atoms with van der Waals surface area (Å²) in [5.41, 5.74) is 1.17. The van der Waals surface area contributed by atoms with Gasteiger partial charge in [0.15, 0.2) is 0 Å². The van der Waals surface area contributed by atoms with Crippen molar-refractivity contribution in [1.29, 1.82) is 0 Å². The SMILES string of the molecule is O=C(CSc1ccccc1)N[C@H](C[NH+]1CCOCC1)c1ccccc1. The van der Waals surface area contributed by atoms with Gasteiger partial charge in [-0.05, 0) is 17.7 Å². The van der Waals surface area contributed by atoms with Crippen LogP contribution >= 0.6 is 11.8 Å². The lowest BCUT2D eigenvalue weighted by atomic mass is 10.1. The Kier molecular flexibility index (Phi) is 6.91. The highest BCUT2D eigenvalue weighted by Crippen LogP contribution is 2.17. The molecule has 3 rings (SSSR count). The monoisotopic (exact) mass is 357 g/mol. The molecule has 1 atom stereocenters. The van der Waals surface area contributed by atoms with Gasteiger partial charge in [0.25, 0.3) is 0 Å². The van der Waals surface area contributed by atoms with E-state index in [4.69, 9.17) is 4.74 Å². The van der Waals surface area contributed by atoms with Gasteiger partial charge in [-0.3, -0.25) is 4.79 Å². The molecular formula is C20H25N2O2S+. The molecule has 0 radical (unpaired) electrons. The fraction of sp³-hybridized carbons (Fsp3) is 0.350. The average Bonchev–Trinajstić information content (AvgIpc) is 2.68. The molecule has 1 amide bonds. The second-order valence-corrected chi connectivity index (χ2v) is 7.25. The Bertz CT molecular complexity index is 645. The van der Waals surface area contributed by atoms with E-state index in [9.17, 15) is 4.79 Å². The number of ether oxygens (including phenoxy) is 1. The quantitative estimate of drug-likeness (QED) is 0.739. The molecule has 4 nitrogen and oxygen atoms in total. The molecule has 1 fully saturated rings. The Labute approximate surface area is 153 Å². The molecule has 132 valence electrons. The lowest BCUT2D eigenvalue weighted by Crippen LogP contribution is -3.14. The first kappa shape index (κ1) is 18.0. The third-order valence-electron chi connectivity index (χ3n) is 4.34. The van der Waals surface area contributed by atoms with E-state index in [-0.39, 0.29) is 11.9 Å². The second-order valence-electron chi connectivity index (χ2n) is 6.20. The molecule has 1 aliphatic rings. The van der Waals surface area contributed by atoms with Gasteiger partial charge < -0.3 is 15.0 Å². The molecule has 0 spiro atoms. The summed E-state index contributed by atoms with van der Waals surface area (Å²) < 4.78 is 5.44. The van der Waals surface area contributed by atoms with Crippen LogP contribution in [0.2, 0.25) is 0 Å². The molecule has 5 heteroatoms. The van der Waals surface area contributed by atoms with Gasteiger partial charge >= 0.3 is 0 Å². The van der Waals surface area contributed by atoms with Crippen LogP contribution in [-0.4, -0.2) is 44.5 Å². The van der Waals surface area contributed by atoms with Crippen molar-refractivity contribution in [3.05, 3.63) is 66.2 Å². The fourth-order valence-electron chi connectivity index (χ4n) is 2.99. The zero-order chi connectivity index (χ0) is 17.3. The van der Waals surface area contributed by atoms with Crippen LogP contribution in [0.25, 0.3) is 0 Å². The summed E-state index contributed by atoms with van der Waals surface area (Å²) in [4.78, 5) is 15.1. The van der Waals surface area contributed by atoms with Crippen molar-refractivity contribution >= 4 is 17.7 Å². The summed E-state index contributed by atoms with van der Waals surface area (Å²) >= 11 is 1.57. The Morgan fingerprint density at radius 3 is 2.36 bits per heavy atom. The molecule has 0 saturated carbocycles. The highest BCUT2D eigenvalue weighted by Gasteiger charge is 2.22. The summed E-state index contributed by atoms with van der Waals surface area (Å²) in [7, 11) is 0. The van der Waals surface area contributed by atoms with Crippen LogP contribution in [0.4, 0.5) is 0 Å². The molecule has 1 aliphatic heterocycles. The van der Waals surface area contributed by atoms with E-state index in [1.807, 2.05) is 48.5 Å². The van der Waals surface area contributed by atoms with Gasteiger partial charge in [-0.15, -0.1) is 11.8 Å². The molecule has 2 N–H and O–H groups in total. The lowest BCUT2D eigenvalue weighted by molar-refractivity contribution is -0.909. The summed E-state index contributed by atoms with van der Waals surface area (Å²) in [6.07, 6.45) is 0. The van der Waals surface area contributed by atoms with Crippen LogP contribution in [0.15, 0.2) is 65.6 Å². The Morgan fingerprint density at radius 1 is 1.04 bits per heavy atom. The zero-order valence-electron chi connectivity index (χ0n) is 14.3. The van der Waals surface area contributed by atoms with Crippen LogP contribution in [0.1, 0.15) is 11.6 Å². The highest BCUT2D eigenvalue weighted by molar-refractivity contribution is 8.00. The number of carbonyl (C=O) groups excluding carboxylic acids is 1. The van der Waals surface area contributed by atoms with Gasteiger partial charge in [-0.25, -0.2) is 0 Å². The maximum absolute atomic E-state index is 12.5. The minimum atomic E-state index is 0.0400. The number of thioether (sulfide) groups is 1. The maximum Gasteiger partial charge on any atom is 0.231 e. The van der Waals surface area contributed by atoms with E-state index in [0.29, 0.717) is 5.75 Å². The van der Waals surface area contributed by atoms with Gasteiger partial charge in [0, 0.05) is 4.90 Å². The molecule has 2 aromatic rings. The van der Waals surface area contributed by atoms with Gasteiger partial charge in [-0.1, -0.05) is 48.5 Å². The third kappa shape index (κ3) is 5.88. The minimum Gasteiger partial charge on any atom is -0.370 e. The molecular weight excluding hydrogens is 332 g/mol. The van der Waals surface area contributed by atoms with Crippen molar-refractivity contribution in [3.63, 3.8) is 0 Å². The Hall–Kier alpha value is -1.82. The number of quaternary nitrogens is 1. The van der Waals surface area contributed by atoms with Crippen molar-refractivity contribution in [2.75, 3.05) is 38.6 Å². The minimum absolute atomic E-state index is 0.0400. The van der Waals surface area contributed by atoms with E-state index >= 15 is 0 Å². The number of hydrogen-bond donors (Lipinski definition) is 2. The van der Waals surface area contributed by atoms with Crippen LogP contribution in [0.3, 0.4) is 0 Å². The Balaban J connectivity index is 1.59. The number of morpholine rings is 1. The molecule has 1 heterocycles. The molecule has 0 bridgehead atoms. The second kappa shape index (κ2) is 9.61. The number of nitrogens with one attached hydrogen (secondary N) is 2. The summed E-state index contributed by atoms with van der Waals surface area (Å²) in [5, 5.41) is 3.23. The average molecular weight is 357 g/mol. The van der Waals surface area contributed by atoms with Crippen molar-refractivity contribution in [2.24, 2.45) is 0 Å². The molecule has 0 aromatic heterocycles. The number of hydrogen-bond acceptors (Lipinski definition) is 3. The van der Waals surface area contributed by atoms with Crippen LogP contribution in [0.5, 0.6) is 0 Å². The highest BCUT2D eigenvalue weighted by atomic mass is 32.2. The van der Waals surface area contributed by atoms with E-state index in [1.54, 1.807) is 11.8 Å². The van der Waals surface area contributed by atoms with Gasteiger partial charge in [-0.2, -0.15) is 0 Å². The lowest BCUT2D eigenvalue weighted by Gasteiger charge is -2.28. The topological polar surface area (TPSA) is 42.8 Å². The Morgan fingerprint density at radius 2 is 1.68 bits per heavy atom. The normalized spacial score (nSPS) is 16.3. The number of benzene rings is 2. The number of carbonyl (C=O) groups is 1. The largest absolute Gasteiger partial charge is 0.370 e.